The molecular weight excluding hydrogens is 176 g/mol. The van der Waals surface area contributed by atoms with E-state index in [1.807, 2.05) is 13.0 Å². The van der Waals surface area contributed by atoms with Gasteiger partial charge in [-0.25, -0.2) is 0 Å². The minimum atomic E-state index is 0.770. The molecule has 1 aliphatic heterocycles. The second-order valence-corrected chi connectivity index (χ2v) is 3.92. The Hall–Kier alpha value is -0.500. The van der Waals surface area contributed by atoms with Crippen LogP contribution in [0, 0.1) is 5.92 Å². The molecule has 14 heavy (non-hydrogen) atoms. The van der Waals surface area contributed by atoms with Crippen LogP contribution >= 0.6 is 0 Å². The van der Waals surface area contributed by atoms with Crippen molar-refractivity contribution >= 4 is 0 Å². The van der Waals surface area contributed by atoms with Crippen molar-refractivity contribution in [1.82, 2.24) is 0 Å². The molecule has 0 aliphatic carbocycles. The van der Waals surface area contributed by atoms with Crippen LogP contribution in [-0.4, -0.2) is 19.8 Å². The number of hydrogen-bond donors (Lipinski definition) is 0. The van der Waals surface area contributed by atoms with Gasteiger partial charge >= 0.3 is 0 Å². The smallest absolute Gasteiger partial charge is 0.0873 e. The highest BCUT2D eigenvalue weighted by Crippen LogP contribution is 2.18. The summed E-state index contributed by atoms with van der Waals surface area (Å²) in [6, 6.07) is 0. The third kappa shape index (κ3) is 5.28. The van der Waals surface area contributed by atoms with Gasteiger partial charge in [-0.1, -0.05) is 12.5 Å². The van der Waals surface area contributed by atoms with E-state index in [2.05, 4.69) is 0 Å². The summed E-state index contributed by atoms with van der Waals surface area (Å²) < 4.78 is 10.8. The van der Waals surface area contributed by atoms with Crippen LogP contribution in [0.1, 0.15) is 39.0 Å². The standard InChI is InChI=1S/C12H22O2/c1-2-8-13-10-5-7-12-6-3-4-9-14-11-12/h2,8,12H,3-7,9-11H2,1H3/b8-2+. The zero-order valence-electron chi connectivity index (χ0n) is 9.21. The zero-order chi connectivity index (χ0) is 10.1. The van der Waals surface area contributed by atoms with Crippen molar-refractivity contribution < 1.29 is 9.47 Å². The molecule has 1 heterocycles. The first-order valence-electron chi connectivity index (χ1n) is 5.74. The van der Waals surface area contributed by atoms with Crippen molar-refractivity contribution in [3.63, 3.8) is 0 Å². The molecule has 0 saturated carbocycles. The number of ether oxygens (including phenoxy) is 2. The number of rotatable bonds is 5. The Morgan fingerprint density at radius 3 is 3.21 bits per heavy atom. The monoisotopic (exact) mass is 198 g/mol. The molecule has 1 fully saturated rings. The maximum absolute atomic E-state index is 5.53. The molecule has 2 nitrogen and oxygen atoms in total. The van der Waals surface area contributed by atoms with Crippen LogP contribution in [0.2, 0.25) is 0 Å². The molecule has 0 aromatic carbocycles. The highest BCUT2D eigenvalue weighted by molar-refractivity contribution is 4.66. The van der Waals surface area contributed by atoms with E-state index in [1.54, 1.807) is 6.26 Å². The molecule has 0 radical (unpaired) electrons. The highest BCUT2D eigenvalue weighted by atomic mass is 16.5. The van der Waals surface area contributed by atoms with Crippen molar-refractivity contribution in [3.05, 3.63) is 12.3 Å². The lowest BCUT2D eigenvalue weighted by Crippen LogP contribution is -2.07. The lowest BCUT2D eigenvalue weighted by Gasteiger charge is -2.12. The van der Waals surface area contributed by atoms with Gasteiger partial charge in [0.15, 0.2) is 0 Å². The third-order valence-corrected chi connectivity index (χ3v) is 2.61. The summed E-state index contributed by atoms with van der Waals surface area (Å²) in [6.07, 6.45) is 10.0. The predicted octanol–water partition coefficient (Wildman–Crippen LogP) is 3.13. The average Bonchev–Trinajstić information content (AvgIpc) is 2.46. The van der Waals surface area contributed by atoms with Crippen LogP contribution in [0.3, 0.4) is 0 Å². The lowest BCUT2D eigenvalue weighted by molar-refractivity contribution is 0.109. The topological polar surface area (TPSA) is 18.5 Å². The van der Waals surface area contributed by atoms with Gasteiger partial charge in [0.2, 0.25) is 0 Å². The molecule has 1 aliphatic rings. The van der Waals surface area contributed by atoms with E-state index < -0.39 is 0 Å². The third-order valence-electron chi connectivity index (χ3n) is 2.61. The SMILES string of the molecule is C/C=C/OCCCC1CCCCOC1. The molecule has 2 heteroatoms. The van der Waals surface area contributed by atoms with E-state index in [0.717, 1.165) is 32.2 Å². The fraction of sp³-hybridized carbons (Fsp3) is 0.833. The molecule has 0 bridgehead atoms. The van der Waals surface area contributed by atoms with Gasteiger partial charge in [0.1, 0.15) is 0 Å². The second kappa shape index (κ2) is 7.86. The maximum Gasteiger partial charge on any atom is 0.0873 e. The highest BCUT2D eigenvalue weighted by Gasteiger charge is 2.11. The van der Waals surface area contributed by atoms with Crippen molar-refractivity contribution in [3.8, 4) is 0 Å². The fourth-order valence-electron chi connectivity index (χ4n) is 1.82. The predicted molar refractivity (Wildman–Crippen MR) is 58.2 cm³/mol. The Morgan fingerprint density at radius 2 is 2.36 bits per heavy atom. The molecule has 0 amide bonds. The van der Waals surface area contributed by atoms with Crippen LogP contribution in [-0.2, 0) is 9.47 Å². The first kappa shape index (κ1) is 11.6. The normalized spacial score (nSPS) is 23.6. The summed E-state index contributed by atoms with van der Waals surface area (Å²) in [4.78, 5) is 0. The van der Waals surface area contributed by atoms with E-state index >= 15 is 0 Å². The molecule has 0 spiro atoms. The van der Waals surface area contributed by atoms with Crippen LogP contribution in [0.4, 0.5) is 0 Å². The Morgan fingerprint density at radius 1 is 1.43 bits per heavy atom. The molecule has 1 unspecified atom stereocenters. The van der Waals surface area contributed by atoms with Crippen LogP contribution in [0.15, 0.2) is 12.3 Å². The van der Waals surface area contributed by atoms with E-state index in [9.17, 15) is 0 Å². The van der Waals surface area contributed by atoms with Crippen molar-refractivity contribution in [1.29, 1.82) is 0 Å². The molecule has 1 rings (SSSR count). The molecule has 82 valence electrons. The minimum absolute atomic E-state index is 0.770. The van der Waals surface area contributed by atoms with Crippen LogP contribution in [0.25, 0.3) is 0 Å². The van der Waals surface area contributed by atoms with E-state index in [0.29, 0.717) is 0 Å². The van der Waals surface area contributed by atoms with Crippen LogP contribution < -0.4 is 0 Å². The molecule has 1 atom stereocenters. The Bertz CT molecular complexity index is 146. The van der Waals surface area contributed by atoms with Crippen molar-refractivity contribution in [2.24, 2.45) is 5.92 Å². The van der Waals surface area contributed by atoms with Gasteiger partial charge in [-0.2, -0.15) is 0 Å². The summed E-state index contributed by atoms with van der Waals surface area (Å²) in [6.45, 7) is 4.75. The Labute approximate surface area is 87.3 Å². The van der Waals surface area contributed by atoms with Crippen molar-refractivity contribution in [2.75, 3.05) is 19.8 Å². The van der Waals surface area contributed by atoms with E-state index in [4.69, 9.17) is 9.47 Å². The van der Waals surface area contributed by atoms with Gasteiger partial charge in [0.25, 0.3) is 0 Å². The largest absolute Gasteiger partial charge is 0.502 e. The molecular formula is C12H22O2. The molecule has 0 aromatic heterocycles. The van der Waals surface area contributed by atoms with E-state index in [1.165, 1.54) is 25.7 Å². The fourth-order valence-corrected chi connectivity index (χ4v) is 1.82. The summed E-state index contributed by atoms with van der Waals surface area (Å²) in [7, 11) is 0. The zero-order valence-corrected chi connectivity index (χ0v) is 9.21. The quantitative estimate of drug-likeness (QED) is 0.499. The molecule has 0 aromatic rings. The average molecular weight is 198 g/mol. The summed E-state index contributed by atoms with van der Waals surface area (Å²) in [5.74, 6) is 0.770. The Kier molecular flexibility index (Phi) is 6.50. The summed E-state index contributed by atoms with van der Waals surface area (Å²) in [5.41, 5.74) is 0. The number of hydrogen-bond acceptors (Lipinski definition) is 2. The summed E-state index contributed by atoms with van der Waals surface area (Å²) in [5, 5.41) is 0. The Balaban J connectivity index is 1.98. The summed E-state index contributed by atoms with van der Waals surface area (Å²) >= 11 is 0. The number of allylic oxidation sites excluding steroid dienone is 1. The van der Waals surface area contributed by atoms with Crippen LogP contribution in [0.5, 0.6) is 0 Å². The molecule has 0 N–H and O–H groups in total. The van der Waals surface area contributed by atoms with Crippen molar-refractivity contribution in [2.45, 2.75) is 39.0 Å². The van der Waals surface area contributed by atoms with Gasteiger partial charge in [0.05, 0.1) is 12.9 Å². The van der Waals surface area contributed by atoms with Gasteiger partial charge in [0, 0.05) is 13.2 Å². The first-order valence-corrected chi connectivity index (χ1v) is 5.74. The van der Waals surface area contributed by atoms with Gasteiger partial charge in [-0.3, -0.25) is 0 Å². The first-order chi connectivity index (χ1) is 6.93. The minimum Gasteiger partial charge on any atom is -0.502 e. The maximum atomic E-state index is 5.53. The van der Waals surface area contributed by atoms with Gasteiger partial charge in [-0.05, 0) is 38.5 Å². The second-order valence-electron chi connectivity index (χ2n) is 3.92. The molecule has 1 saturated heterocycles. The van der Waals surface area contributed by atoms with Gasteiger partial charge in [-0.15, -0.1) is 0 Å². The van der Waals surface area contributed by atoms with E-state index in [-0.39, 0.29) is 0 Å². The van der Waals surface area contributed by atoms with Gasteiger partial charge < -0.3 is 9.47 Å². The lowest BCUT2D eigenvalue weighted by atomic mass is 9.99.